The van der Waals surface area contributed by atoms with Crippen molar-refractivity contribution in [3.8, 4) is 16.9 Å². The van der Waals surface area contributed by atoms with E-state index >= 15 is 0 Å². The Morgan fingerprint density at radius 3 is 2.28 bits per heavy atom. The highest BCUT2D eigenvalue weighted by atomic mass is 16.5. The minimum atomic E-state index is -0.382. The standard InChI is InChI=1S/C27H19NO4/c1-31-19-15-13-18(14-16-19)26(30)28-27-24(25(29)22-10-4-5-12-23(22)32-27)21-11-6-8-17-7-2-3-9-20(17)21/h2-16H,1H3,(H,28,30). The first-order valence-corrected chi connectivity index (χ1v) is 10.1. The van der Waals surface area contributed by atoms with Gasteiger partial charge >= 0.3 is 0 Å². The van der Waals surface area contributed by atoms with Crippen molar-refractivity contribution in [1.82, 2.24) is 0 Å². The maximum Gasteiger partial charge on any atom is 0.257 e. The van der Waals surface area contributed by atoms with E-state index in [1.807, 2.05) is 42.5 Å². The number of carbonyl (C=O) groups excluding carboxylic acids is 1. The number of ether oxygens (including phenoxy) is 1. The molecule has 1 amide bonds. The van der Waals surface area contributed by atoms with E-state index in [0.29, 0.717) is 33.4 Å². The lowest BCUT2D eigenvalue weighted by molar-refractivity contribution is 0.102. The van der Waals surface area contributed by atoms with Crippen LogP contribution in [0.25, 0.3) is 32.9 Å². The molecule has 5 heteroatoms. The molecule has 1 N–H and O–H groups in total. The third kappa shape index (κ3) is 3.40. The van der Waals surface area contributed by atoms with Crippen LogP contribution in [0.4, 0.5) is 5.88 Å². The number of amides is 1. The van der Waals surface area contributed by atoms with Crippen LogP contribution in [-0.2, 0) is 0 Å². The van der Waals surface area contributed by atoms with Crippen molar-refractivity contribution in [3.63, 3.8) is 0 Å². The first kappa shape index (κ1) is 19.6. The van der Waals surface area contributed by atoms with Gasteiger partial charge in [-0.05, 0) is 52.7 Å². The van der Waals surface area contributed by atoms with Gasteiger partial charge in [-0.15, -0.1) is 0 Å². The highest BCUT2D eigenvalue weighted by Crippen LogP contribution is 2.34. The van der Waals surface area contributed by atoms with Gasteiger partial charge in [0.1, 0.15) is 11.3 Å². The maximum atomic E-state index is 13.6. The average molecular weight is 421 g/mol. The molecule has 0 aliphatic carbocycles. The molecule has 5 rings (SSSR count). The van der Waals surface area contributed by atoms with Gasteiger partial charge in [-0.2, -0.15) is 0 Å². The molecular formula is C27H19NO4. The van der Waals surface area contributed by atoms with Gasteiger partial charge in [0.05, 0.1) is 18.1 Å². The predicted molar refractivity (Wildman–Crippen MR) is 126 cm³/mol. The minimum Gasteiger partial charge on any atom is -0.497 e. The molecule has 0 radical (unpaired) electrons. The molecule has 0 saturated carbocycles. The number of hydrogen-bond donors (Lipinski definition) is 1. The Balaban J connectivity index is 1.71. The molecule has 0 aliphatic rings. The summed E-state index contributed by atoms with van der Waals surface area (Å²) >= 11 is 0. The highest BCUT2D eigenvalue weighted by Gasteiger charge is 2.20. The summed E-state index contributed by atoms with van der Waals surface area (Å²) in [7, 11) is 1.56. The number of nitrogens with one attached hydrogen (secondary N) is 1. The van der Waals surface area contributed by atoms with Crippen molar-refractivity contribution in [3.05, 3.63) is 107 Å². The van der Waals surface area contributed by atoms with E-state index in [2.05, 4.69) is 5.32 Å². The summed E-state index contributed by atoms with van der Waals surface area (Å²) in [6, 6.07) is 27.3. The van der Waals surface area contributed by atoms with Crippen LogP contribution >= 0.6 is 0 Å². The molecule has 0 saturated heterocycles. The number of methoxy groups -OCH3 is 1. The fourth-order valence-corrected chi connectivity index (χ4v) is 3.84. The van der Waals surface area contributed by atoms with Crippen LogP contribution in [0.3, 0.4) is 0 Å². The lowest BCUT2D eigenvalue weighted by atomic mass is 9.97. The van der Waals surface area contributed by atoms with E-state index in [1.165, 1.54) is 0 Å². The summed E-state index contributed by atoms with van der Waals surface area (Å²) in [5.74, 6) is 0.383. The van der Waals surface area contributed by atoms with Gasteiger partial charge in [-0.1, -0.05) is 54.6 Å². The quantitative estimate of drug-likeness (QED) is 0.394. The fourth-order valence-electron chi connectivity index (χ4n) is 3.84. The Bertz CT molecular complexity index is 1510. The van der Waals surface area contributed by atoms with Crippen LogP contribution in [-0.4, -0.2) is 13.0 Å². The molecule has 0 bridgehead atoms. The topological polar surface area (TPSA) is 68.5 Å². The SMILES string of the molecule is COc1ccc(C(=O)Nc2oc3ccccc3c(=O)c2-c2cccc3ccccc23)cc1. The molecule has 5 nitrogen and oxygen atoms in total. The zero-order valence-corrected chi connectivity index (χ0v) is 17.3. The summed E-state index contributed by atoms with van der Waals surface area (Å²) in [6.07, 6.45) is 0. The Hall–Kier alpha value is -4.38. The molecule has 4 aromatic carbocycles. The van der Waals surface area contributed by atoms with Crippen molar-refractivity contribution < 1.29 is 13.9 Å². The van der Waals surface area contributed by atoms with E-state index in [0.717, 1.165) is 10.8 Å². The minimum absolute atomic E-state index is 0.117. The van der Waals surface area contributed by atoms with E-state index in [1.54, 1.807) is 55.6 Å². The van der Waals surface area contributed by atoms with Crippen molar-refractivity contribution in [2.45, 2.75) is 0 Å². The molecule has 1 heterocycles. The average Bonchev–Trinajstić information content (AvgIpc) is 2.84. The molecular weight excluding hydrogens is 402 g/mol. The third-order valence-electron chi connectivity index (χ3n) is 5.44. The molecule has 0 fully saturated rings. The first-order valence-electron chi connectivity index (χ1n) is 10.1. The van der Waals surface area contributed by atoms with E-state index in [9.17, 15) is 9.59 Å². The van der Waals surface area contributed by atoms with Crippen molar-refractivity contribution >= 4 is 33.5 Å². The second-order valence-electron chi connectivity index (χ2n) is 7.34. The number of hydrogen-bond acceptors (Lipinski definition) is 4. The predicted octanol–water partition coefficient (Wildman–Crippen LogP) is 5.87. The number of fused-ring (bicyclic) bond motifs is 2. The Kier molecular flexibility index (Phi) is 4.92. The van der Waals surface area contributed by atoms with Crippen LogP contribution in [0.5, 0.6) is 5.75 Å². The number of benzene rings is 4. The lowest BCUT2D eigenvalue weighted by Crippen LogP contribution is -2.16. The summed E-state index contributed by atoms with van der Waals surface area (Å²) in [5, 5.41) is 5.16. The normalized spacial score (nSPS) is 10.9. The second kappa shape index (κ2) is 8.04. The van der Waals surface area contributed by atoms with Crippen LogP contribution in [0.1, 0.15) is 10.4 Å². The summed E-state index contributed by atoms with van der Waals surface area (Å²) in [5.41, 5.74) is 1.65. The smallest absolute Gasteiger partial charge is 0.257 e. The summed E-state index contributed by atoms with van der Waals surface area (Å²) in [6.45, 7) is 0. The van der Waals surface area contributed by atoms with Crippen LogP contribution in [0.15, 0.2) is 100 Å². The van der Waals surface area contributed by atoms with Gasteiger partial charge < -0.3 is 9.15 Å². The number of rotatable bonds is 4. The van der Waals surface area contributed by atoms with Gasteiger partial charge in [-0.25, -0.2) is 0 Å². The molecule has 156 valence electrons. The molecule has 0 unspecified atom stereocenters. The lowest BCUT2D eigenvalue weighted by Gasteiger charge is -2.13. The fraction of sp³-hybridized carbons (Fsp3) is 0.0370. The van der Waals surface area contributed by atoms with E-state index in [4.69, 9.17) is 9.15 Å². The highest BCUT2D eigenvalue weighted by molar-refractivity contribution is 6.08. The molecule has 0 aliphatic heterocycles. The van der Waals surface area contributed by atoms with Gasteiger partial charge in [0.2, 0.25) is 11.3 Å². The van der Waals surface area contributed by atoms with E-state index in [-0.39, 0.29) is 17.2 Å². The van der Waals surface area contributed by atoms with Gasteiger partial charge in [0.15, 0.2) is 0 Å². The third-order valence-corrected chi connectivity index (χ3v) is 5.44. The van der Waals surface area contributed by atoms with Gasteiger partial charge in [-0.3, -0.25) is 14.9 Å². The zero-order chi connectivity index (χ0) is 22.1. The molecule has 0 atom stereocenters. The van der Waals surface area contributed by atoms with Crippen LogP contribution in [0.2, 0.25) is 0 Å². The van der Waals surface area contributed by atoms with Crippen LogP contribution < -0.4 is 15.5 Å². The largest absolute Gasteiger partial charge is 0.497 e. The van der Waals surface area contributed by atoms with Crippen molar-refractivity contribution in [2.24, 2.45) is 0 Å². The first-order chi connectivity index (χ1) is 15.7. The van der Waals surface area contributed by atoms with Crippen molar-refractivity contribution in [2.75, 3.05) is 12.4 Å². The van der Waals surface area contributed by atoms with E-state index < -0.39 is 0 Å². The maximum absolute atomic E-state index is 13.6. The second-order valence-corrected chi connectivity index (χ2v) is 7.34. The monoisotopic (exact) mass is 421 g/mol. The van der Waals surface area contributed by atoms with Gasteiger partial charge in [0, 0.05) is 5.56 Å². The summed E-state index contributed by atoms with van der Waals surface area (Å²) < 4.78 is 11.2. The number of anilines is 1. The molecule has 0 spiro atoms. The molecule has 1 aromatic heterocycles. The van der Waals surface area contributed by atoms with Crippen LogP contribution in [0, 0.1) is 0 Å². The Morgan fingerprint density at radius 2 is 1.50 bits per heavy atom. The molecule has 32 heavy (non-hydrogen) atoms. The number of carbonyl (C=O) groups is 1. The number of para-hydroxylation sites is 1. The summed E-state index contributed by atoms with van der Waals surface area (Å²) in [4.78, 5) is 26.6. The molecule has 5 aromatic rings. The Labute approximate surface area is 183 Å². The zero-order valence-electron chi connectivity index (χ0n) is 17.3. The van der Waals surface area contributed by atoms with Crippen molar-refractivity contribution in [1.29, 1.82) is 0 Å². The van der Waals surface area contributed by atoms with Gasteiger partial charge in [0.25, 0.3) is 5.91 Å². The Morgan fingerprint density at radius 1 is 0.812 bits per heavy atom.